The predicted octanol–water partition coefficient (Wildman–Crippen LogP) is 5.31. The van der Waals surface area contributed by atoms with Gasteiger partial charge >= 0.3 is 5.97 Å². The summed E-state index contributed by atoms with van der Waals surface area (Å²) >= 11 is 1.33. The van der Waals surface area contributed by atoms with Crippen LogP contribution in [0.25, 0.3) is 5.82 Å². The number of aromatic nitrogens is 4. The van der Waals surface area contributed by atoms with E-state index in [-0.39, 0.29) is 12.5 Å². The van der Waals surface area contributed by atoms with Crippen molar-refractivity contribution in [1.82, 2.24) is 19.7 Å². The molecule has 0 N–H and O–H groups in total. The van der Waals surface area contributed by atoms with E-state index in [4.69, 9.17) is 4.74 Å². The Morgan fingerprint density at radius 3 is 2.34 bits per heavy atom. The summed E-state index contributed by atoms with van der Waals surface area (Å²) in [5, 5.41) is 6.73. The second-order valence-corrected chi connectivity index (χ2v) is 9.38. The van der Waals surface area contributed by atoms with Gasteiger partial charge in [-0.2, -0.15) is 5.10 Å². The SMILES string of the molecule is CC(=O)N(c1nc(COC(=O)c2ccc(-n3nc(C)cc3C)nc2)cs1)c1c(C)cc(C)cc1C. The van der Waals surface area contributed by atoms with Gasteiger partial charge in [-0.05, 0) is 63.9 Å². The summed E-state index contributed by atoms with van der Waals surface area (Å²) in [6.45, 7) is 11.4. The summed E-state index contributed by atoms with van der Waals surface area (Å²) in [5.41, 5.74) is 6.72. The molecule has 4 aromatic rings. The number of rotatable bonds is 6. The van der Waals surface area contributed by atoms with E-state index >= 15 is 0 Å². The van der Waals surface area contributed by atoms with Crippen LogP contribution in [-0.2, 0) is 16.1 Å². The minimum atomic E-state index is -0.499. The number of hydrogen-bond acceptors (Lipinski definition) is 7. The highest BCUT2D eigenvalue weighted by Gasteiger charge is 2.22. The third kappa shape index (κ3) is 5.14. The highest BCUT2D eigenvalue weighted by Crippen LogP contribution is 2.34. The quantitative estimate of drug-likeness (QED) is 0.341. The maximum Gasteiger partial charge on any atom is 0.340 e. The van der Waals surface area contributed by atoms with Crippen LogP contribution >= 0.6 is 11.3 Å². The molecule has 0 radical (unpaired) electrons. The molecule has 4 rings (SSSR count). The number of anilines is 2. The topological polar surface area (TPSA) is 90.2 Å². The fraction of sp³-hybridized carbons (Fsp3) is 0.269. The number of carbonyl (C=O) groups excluding carboxylic acids is 2. The van der Waals surface area contributed by atoms with E-state index in [9.17, 15) is 9.59 Å². The first-order valence-electron chi connectivity index (χ1n) is 11.1. The second kappa shape index (κ2) is 9.79. The Kier molecular flexibility index (Phi) is 6.79. The number of ether oxygens (including phenoxy) is 1. The normalized spacial score (nSPS) is 10.9. The molecule has 1 amide bonds. The minimum Gasteiger partial charge on any atom is -0.456 e. The average Bonchev–Trinajstić information content (AvgIpc) is 3.39. The van der Waals surface area contributed by atoms with Crippen molar-refractivity contribution in [2.24, 2.45) is 0 Å². The van der Waals surface area contributed by atoms with Crippen LogP contribution in [0.2, 0.25) is 0 Å². The summed E-state index contributed by atoms with van der Waals surface area (Å²) in [7, 11) is 0. The van der Waals surface area contributed by atoms with Gasteiger partial charge in [0.2, 0.25) is 5.91 Å². The number of hydrogen-bond donors (Lipinski definition) is 0. The van der Waals surface area contributed by atoms with Crippen molar-refractivity contribution < 1.29 is 14.3 Å². The van der Waals surface area contributed by atoms with Crippen LogP contribution in [-0.4, -0.2) is 31.6 Å². The minimum absolute atomic E-state index is 0.00779. The van der Waals surface area contributed by atoms with Crippen LogP contribution in [0.5, 0.6) is 0 Å². The molecule has 0 aliphatic rings. The zero-order valence-corrected chi connectivity index (χ0v) is 21.4. The number of nitrogens with zero attached hydrogens (tertiary/aromatic N) is 5. The number of esters is 1. The Bertz CT molecular complexity index is 1380. The number of thiazole rings is 1. The zero-order chi connectivity index (χ0) is 25.3. The number of pyridine rings is 1. The Hall–Kier alpha value is -3.85. The van der Waals surface area contributed by atoms with Crippen LogP contribution in [0.4, 0.5) is 10.8 Å². The van der Waals surface area contributed by atoms with E-state index in [1.54, 1.807) is 27.1 Å². The molecule has 9 heteroatoms. The van der Waals surface area contributed by atoms with Gasteiger partial charge in [0.15, 0.2) is 10.9 Å². The molecule has 0 saturated carbocycles. The van der Waals surface area contributed by atoms with Gasteiger partial charge in [0.05, 0.1) is 22.6 Å². The molecule has 8 nitrogen and oxygen atoms in total. The van der Waals surface area contributed by atoms with E-state index in [1.807, 2.05) is 52.8 Å². The first kappa shape index (κ1) is 24.3. The van der Waals surface area contributed by atoms with Crippen LogP contribution in [0.15, 0.2) is 41.9 Å². The Balaban J connectivity index is 1.46. The monoisotopic (exact) mass is 489 g/mol. The van der Waals surface area contributed by atoms with Gasteiger partial charge in [0.1, 0.15) is 6.61 Å². The fourth-order valence-electron chi connectivity index (χ4n) is 4.09. The van der Waals surface area contributed by atoms with E-state index in [0.29, 0.717) is 22.2 Å². The van der Waals surface area contributed by atoms with Crippen molar-refractivity contribution in [2.75, 3.05) is 4.90 Å². The van der Waals surface area contributed by atoms with Gasteiger partial charge in [-0.3, -0.25) is 9.69 Å². The van der Waals surface area contributed by atoms with E-state index in [1.165, 1.54) is 24.5 Å². The molecule has 1 aromatic carbocycles. The molecule has 0 saturated heterocycles. The molecule has 0 aliphatic heterocycles. The molecule has 180 valence electrons. The maximum atomic E-state index is 12.6. The lowest BCUT2D eigenvalue weighted by Gasteiger charge is -2.23. The number of benzene rings is 1. The second-order valence-electron chi connectivity index (χ2n) is 8.54. The summed E-state index contributed by atoms with van der Waals surface area (Å²) in [5.74, 6) is -0.00495. The van der Waals surface area contributed by atoms with Crippen LogP contribution in [0, 0.1) is 34.6 Å². The standard InChI is InChI=1S/C26H27N5O3S/c1-15-9-16(2)24(17(3)10-15)30(20(6)32)26-28-22(14-35-26)13-34-25(33)21-7-8-23(27-12-21)31-19(5)11-18(4)29-31/h7-12,14H,13H2,1-6H3. The Labute approximate surface area is 208 Å². The van der Waals surface area contributed by atoms with Gasteiger partial charge in [-0.25, -0.2) is 19.4 Å². The van der Waals surface area contributed by atoms with Crippen molar-refractivity contribution in [3.63, 3.8) is 0 Å². The Morgan fingerprint density at radius 1 is 1.06 bits per heavy atom. The van der Waals surface area contributed by atoms with Crippen molar-refractivity contribution in [1.29, 1.82) is 0 Å². The first-order valence-corrected chi connectivity index (χ1v) is 12.0. The van der Waals surface area contributed by atoms with E-state index in [0.717, 1.165) is 33.8 Å². The van der Waals surface area contributed by atoms with Crippen molar-refractivity contribution in [3.8, 4) is 5.82 Å². The molecule has 35 heavy (non-hydrogen) atoms. The smallest absolute Gasteiger partial charge is 0.340 e. The van der Waals surface area contributed by atoms with Gasteiger partial charge in [0, 0.05) is 24.2 Å². The fourth-order valence-corrected chi connectivity index (χ4v) is 4.95. The lowest BCUT2D eigenvalue weighted by molar-refractivity contribution is -0.115. The zero-order valence-electron chi connectivity index (χ0n) is 20.6. The van der Waals surface area contributed by atoms with Gasteiger partial charge in [0.25, 0.3) is 0 Å². The largest absolute Gasteiger partial charge is 0.456 e. The van der Waals surface area contributed by atoms with Crippen LogP contribution in [0.3, 0.4) is 0 Å². The lowest BCUT2D eigenvalue weighted by Crippen LogP contribution is -2.24. The molecule has 0 aliphatic carbocycles. The van der Waals surface area contributed by atoms with Crippen LogP contribution < -0.4 is 4.90 Å². The molecule has 0 spiro atoms. The summed E-state index contributed by atoms with van der Waals surface area (Å²) in [6.07, 6.45) is 1.47. The summed E-state index contributed by atoms with van der Waals surface area (Å²) < 4.78 is 7.17. The molecular formula is C26H27N5O3S. The Morgan fingerprint density at radius 2 is 1.77 bits per heavy atom. The van der Waals surface area contributed by atoms with Gasteiger partial charge in [-0.1, -0.05) is 17.7 Å². The maximum absolute atomic E-state index is 12.6. The predicted molar refractivity (Wildman–Crippen MR) is 136 cm³/mol. The molecule has 0 bridgehead atoms. The van der Waals surface area contributed by atoms with Crippen LogP contribution in [0.1, 0.15) is 51.1 Å². The van der Waals surface area contributed by atoms with Crippen molar-refractivity contribution >= 4 is 34.0 Å². The van der Waals surface area contributed by atoms with E-state index in [2.05, 4.69) is 15.1 Å². The van der Waals surface area contributed by atoms with Crippen molar-refractivity contribution in [3.05, 3.63) is 81.2 Å². The molecular weight excluding hydrogens is 462 g/mol. The number of amides is 1. The highest BCUT2D eigenvalue weighted by molar-refractivity contribution is 7.14. The average molecular weight is 490 g/mol. The molecule has 0 unspecified atom stereocenters. The lowest BCUT2D eigenvalue weighted by atomic mass is 10.0. The van der Waals surface area contributed by atoms with Gasteiger partial charge < -0.3 is 4.74 Å². The van der Waals surface area contributed by atoms with Gasteiger partial charge in [-0.15, -0.1) is 11.3 Å². The molecule has 0 atom stereocenters. The van der Waals surface area contributed by atoms with Crippen molar-refractivity contribution in [2.45, 2.75) is 48.1 Å². The number of aryl methyl sites for hydroxylation is 5. The molecule has 3 aromatic heterocycles. The highest BCUT2D eigenvalue weighted by atomic mass is 32.1. The third-order valence-corrected chi connectivity index (χ3v) is 6.34. The summed E-state index contributed by atoms with van der Waals surface area (Å²) in [6, 6.07) is 9.44. The van der Waals surface area contributed by atoms with E-state index < -0.39 is 5.97 Å². The molecule has 3 heterocycles. The third-order valence-electron chi connectivity index (χ3n) is 5.47. The first-order chi connectivity index (χ1) is 16.6. The summed E-state index contributed by atoms with van der Waals surface area (Å²) in [4.78, 5) is 35.6. The molecule has 0 fully saturated rings. The number of carbonyl (C=O) groups is 2.